The van der Waals surface area contributed by atoms with Crippen molar-refractivity contribution in [2.24, 2.45) is 0 Å². The summed E-state index contributed by atoms with van der Waals surface area (Å²) in [5, 5.41) is 3.99. The van der Waals surface area contributed by atoms with E-state index in [1.807, 2.05) is 25.1 Å². The number of hydrogen-bond donors (Lipinski definition) is 2. The number of amides is 1. The maximum Gasteiger partial charge on any atom is 0.268 e. The molecule has 1 aromatic heterocycles. The highest BCUT2D eigenvalue weighted by Crippen LogP contribution is 2.22. The number of benzene rings is 1. The average Bonchev–Trinajstić information content (AvgIpc) is 2.76. The van der Waals surface area contributed by atoms with Crippen molar-refractivity contribution >= 4 is 29.1 Å². The van der Waals surface area contributed by atoms with Crippen LogP contribution in [0, 0.1) is 0 Å². The number of halogens is 2. The Balaban J connectivity index is 2.10. The number of nitrogens with one attached hydrogen (secondary N) is 2. The number of carbonyl (C=O) groups is 1. The van der Waals surface area contributed by atoms with Gasteiger partial charge in [0.25, 0.3) is 5.91 Å². The minimum atomic E-state index is -0.214. The number of rotatable bonds is 3. The van der Waals surface area contributed by atoms with Gasteiger partial charge in [-0.05, 0) is 24.6 Å². The van der Waals surface area contributed by atoms with Gasteiger partial charge < -0.3 is 10.3 Å². The first kappa shape index (κ1) is 13.0. The first-order valence-electron chi connectivity index (χ1n) is 5.47. The molecule has 0 aliphatic rings. The van der Waals surface area contributed by atoms with E-state index < -0.39 is 0 Å². The third kappa shape index (κ3) is 2.86. The Morgan fingerprint density at radius 1 is 1.33 bits per heavy atom. The second-order valence-corrected chi connectivity index (χ2v) is 4.79. The van der Waals surface area contributed by atoms with Crippen LogP contribution >= 0.6 is 23.2 Å². The normalized spacial score (nSPS) is 12.2. The lowest BCUT2D eigenvalue weighted by atomic mass is 10.1. The molecule has 0 bridgehead atoms. The van der Waals surface area contributed by atoms with Gasteiger partial charge in [0.05, 0.1) is 11.1 Å². The zero-order chi connectivity index (χ0) is 13.1. The molecule has 0 fully saturated rings. The molecule has 1 atom stereocenters. The fourth-order valence-corrected chi connectivity index (χ4v) is 2.14. The third-order valence-electron chi connectivity index (χ3n) is 2.61. The monoisotopic (exact) mass is 282 g/mol. The summed E-state index contributed by atoms with van der Waals surface area (Å²) in [6.45, 7) is 1.88. The van der Waals surface area contributed by atoms with Crippen LogP contribution in [0.1, 0.15) is 29.0 Å². The van der Waals surface area contributed by atoms with Crippen molar-refractivity contribution < 1.29 is 4.79 Å². The standard InChI is InChI=1S/C13H12Cl2N2O/c1-8(10-4-2-3-5-11(10)15)17-13(18)12-6-9(14)7-16-12/h2-8,16H,1H3,(H,17,18). The molecule has 1 heterocycles. The van der Waals surface area contributed by atoms with Crippen molar-refractivity contribution in [2.75, 3.05) is 0 Å². The average molecular weight is 283 g/mol. The zero-order valence-corrected chi connectivity index (χ0v) is 11.2. The lowest BCUT2D eigenvalue weighted by Gasteiger charge is -2.15. The van der Waals surface area contributed by atoms with Crippen LogP contribution in [0.5, 0.6) is 0 Å². The molecule has 2 N–H and O–H groups in total. The maximum atomic E-state index is 11.9. The van der Waals surface area contributed by atoms with E-state index in [9.17, 15) is 4.79 Å². The quantitative estimate of drug-likeness (QED) is 0.883. The van der Waals surface area contributed by atoms with Crippen LogP contribution < -0.4 is 5.32 Å². The molecule has 5 heteroatoms. The number of aromatic nitrogens is 1. The summed E-state index contributed by atoms with van der Waals surface area (Å²) in [7, 11) is 0. The van der Waals surface area contributed by atoms with E-state index in [0.29, 0.717) is 15.7 Å². The molecule has 2 rings (SSSR count). The van der Waals surface area contributed by atoms with Crippen molar-refractivity contribution in [1.82, 2.24) is 10.3 Å². The summed E-state index contributed by atoms with van der Waals surface area (Å²) in [6, 6.07) is 8.82. The molecule has 0 radical (unpaired) electrons. The molecule has 18 heavy (non-hydrogen) atoms. The highest BCUT2D eigenvalue weighted by atomic mass is 35.5. The van der Waals surface area contributed by atoms with E-state index in [1.54, 1.807) is 18.3 Å². The molecule has 94 valence electrons. The zero-order valence-electron chi connectivity index (χ0n) is 9.71. The fraction of sp³-hybridized carbons (Fsp3) is 0.154. The number of aromatic amines is 1. The summed E-state index contributed by atoms with van der Waals surface area (Å²) in [5.41, 5.74) is 1.31. The van der Waals surface area contributed by atoms with Gasteiger partial charge in [-0.25, -0.2) is 0 Å². The molecule has 1 unspecified atom stereocenters. The number of H-pyrrole nitrogens is 1. The molecule has 1 aromatic carbocycles. The minimum Gasteiger partial charge on any atom is -0.356 e. The lowest BCUT2D eigenvalue weighted by molar-refractivity contribution is 0.0935. The minimum absolute atomic E-state index is 0.173. The lowest BCUT2D eigenvalue weighted by Crippen LogP contribution is -2.27. The second-order valence-electron chi connectivity index (χ2n) is 3.95. The molecular formula is C13H12Cl2N2O. The Labute approximate surface area is 115 Å². The largest absolute Gasteiger partial charge is 0.356 e. The van der Waals surface area contributed by atoms with Crippen molar-refractivity contribution in [3.8, 4) is 0 Å². The molecule has 0 spiro atoms. The van der Waals surface area contributed by atoms with Crippen LogP contribution in [0.25, 0.3) is 0 Å². The fourth-order valence-electron chi connectivity index (χ4n) is 1.68. The van der Waals surface area contributed by atoms with Crippen LogP contribution in [-0.4, -0.2) is 10.9 Å². The number of carbonyl (C=O) groups excluding carboxylic acids is 1. The number of hydrogen-bond acceptors (Lipinski definition) is 1. The molecule has 0 aliphatic heterocycles. The van der Waals surface area contributed by atoms with Gasteiger partial charge in [0.2, 0.25) is 0 Å². The van der Waals surface area contributed by atoms with Crippen molar-refractivity contribution in [1.29, 1.82) is 0 Å². The first-order valence-corrected chi connectivity index (χ1v) is 6.22. The van der Waals surface area contributed by atoms with Gasteiger partial charge in [-0.15, -0.1) is 0 Å². The molecule has 0 saturated heterocycles. The SMILES string of the molecule is CC(NC(=O)c1cc(Cl)c[nH]1)c1ccccc1Cl. The van der Waals surface area contributed by atoms with Crippen molar-refractivity contribution in [3.05, 3.63) is 57.8 Å². The molecular weight excluding hydrogens is 271 g/mol. The van der Waals surface area contributed by atoms with E-state index in [0.717, 1.165) is 5.56 Å². The van der Waals surface area contributed by atoms with Gasteiger partial charge in [-0.2, -0.15) is 0 Å². The molecule has 0 aliphatic carbocycles. The van der Waals surface area contributed by atoms with Crippen LogP contribution in [0.3, 0.4) is 0 Å². The summed E-state index contributed by atoms with van der Waals surface area (Å²) in [5.74, 6) is -0.214. The van der Waals surface area contributed by atoms with Gasteiger partial charge in [0.15, 0.2) is 0 Å². The predicted molar refractivity (Wildman–Crippen MR) is 73.1 cm³/mol. The van der Waals surface area contributed by atoms with E-state index >= 15 is 0 Å². The van der Waals surface area contributed by atoms with Crippen LogP contribution in [0.4, 0.5) is 0 Å². The van der Waals surface area contributed by atoms with Crippen molar-refractivity contribution in [3.63, 3.8) is 0 Å². The summed E-state index contributed by atoms with van der Waals surface area (Å²) in [6.07, 6.45) is 1.57. The van der Waals surface area contributed by atoms with E-state index in [1.165, 1.54) is 0 Å². The molecule has 2 aromatic rings. The second kappa shape index (κ2) is 5.46. The Hall–Kier alpha value is -1.45. The summed E-state index contributed by atoms with van der Waals surface area (Å²) >= 11 is 11.8. The van der Waals surface area contributed by atoms with Gasteiger partial charge in [0, 0.05) is 11.2 Å². The van der Waals surface area contributed by atoms with Crippen LogP contribution in [0.2, 0.25) is 10.0 Å². The maximum absolute atomic E-state index is 11.9. The Bertz CT molecular complexity index is 566. The first-order chi connectivity index (χ1) is 8.58. The summed E-state index contributed by atoms with van der Waals surface area (Å²) in [4.78, 5) is 14.7. The van der Waals surface area contributed by atoms with Crippen LogP contribution in [0.15, 0.2) is 36.5 Å². The Kier molecular flexibility index (Phi) is 3.94. The van der Waals surface area contributed by atoms with E-state index in [2.05, 4.69) is 10.3 Å². The third-order valence-corrected chi connectivity index (χ3v) is 3.17. The van der Waals surface area contributed by atoms with Gasteiger partial charge in [-0.1, -0.05) is 41.4 Å². The van der Waals surface area contributed by atoms with Gasteiger partial charge in [0.1, 0.15) is 5.69 Å². The van der Waals surface area contributed by atoms with E-state index in [4.69, 9.17) is 23.2 Å². The smallest absolute Gasteiger partial charge is 0.268 e. The Morgan fingerprint density at radius 3 is 2.67 bits per heavy atom. The van der Waals surface area contributed by atoms with Crippen molar-refractivity contribution in [2.45, 2.75) is 13.0 Å². The van der Waals surface area contributed by atoms with Gasteiger partial charge >= 0.3 is 0 Å². The van der Waals surface area contributed by atoms with E-state index in [-0.39, 0.29) is 11.9 Å². The molecule has 1 amide bonds. The summed E-state index contributed by atoms with van der Waals surface area (Å²) < 4.78 is 0. The Morgan fingerprint density at radius 2 is 2.06 bits per heavy atom. The predicted octanol–water partition coefficient (Wildman–Crippen LogP) is 3.81. The topological polar surface area (TPSA) is 44.9 Å². The molecule has 3 nitrogen and oxygen atoms in total. The highest BCUT2D eigenvalue weighted by Gasteiger charge is 2.14. The van der Waals surface area contributed by atoms with Gasteiger partial charge in [-0.3, -0.25) is 4.79 Å². The van der Waals surface area contributed by atoms with Crippen LogP contribution in [-0.2, 0) is 0 Å². The molecule has 0 saturated carbocycles. The highest BCUT2D eigenvalue weighted by molar-refractivity contribution is 6.31.